The summed E-state index contributed by atoms with van der Waals surface area (Å²) in [5.41, 5.74) is 0.844. The molecule has 1 fully saturated rings. The maximum Gasteiger partial charge on any atom is 0.207 e. The molecular formula is C14H22ClN5O4Si. The van der Waals surface area contributed by atoms with Crippen LogP contribution in [0.25, 0.3) is 11.2 Å². The molecule has 3 rings (SSSR count). The second kappa shape index (κ2) is 6.78. The lowest BCUT2D eigenvalue weighted by Crippen LogP contribution is -2.33. The Labute approximate surface area is 150 Å². The zero-order valence-electron chi connectivity index (χ0n) is 14.2. The number of halogens is 1. The van der Waals surface area contributed by atoms with Gasteiger partial charge in [-0.3, -0.25) is 4.57 Å². The van der Waals surface area contributed by atoms with Crippen molar-refractivity contribution in [2.75, 3.05) is 18.1 Å². The number of aliphatic hydroxyl groups excluding tert-OH is 3. The molecule has 1 aliphatic rings. The summed E-state index contributed by atoms with van der Waals surface area (Å²) < 4.78 is 6.94. The minimum Gasteiger partial charge on any atom is -0.394 e. The SMILES string of the molecule is C[Si](C)(C)CNc1ncnc2c1nc(Cl)n2C1OC(CO)C(O)C1O. The molecule has 9 nitrogen and oxygen atoms in total. The highest BCUT2D eigenvalue weighted by molar-refractivity contribution is 6.76. The first-order chi connectivity index (χ1) is 11.7. The van der Waals surface area contributed by atoms with Gasteiger partial charge in [0.25, 0.3) is 0 Å². The van der Waals surface area contributed by atoms with Crippen LogP contribution in [0.15, 0.2) is 6.33 Å². The summed E-state index contributed by atoms with van der Waals surface area (Å²) in [6, 6.07) is 0. The smallest absolute Gasteiger partial charge is 0.207 e. The number of nitrogens with zero attached hydrogens (tertiary/aromatic N) is 4. The third-order valence-electron chi connectivity index (χ3n) is 3.99. The quantitative estimate of drug-likeness (QED) is 0.428. The van der Waals surface area contributed by atoms with Crippen LogP contribution in [0.5, 0.6) is 0 Å². The van der Waals surface area contributed by atoms with Crippen LogP contribution in [0.3, 0.4) is 0 Å². The molecule has 2 aromatic rings. The van der Waals surface area contributed by atoms with Crippen molar-refractivity contribution in [1.29, 1.82) is 0 Å². The number of imidazole rings is 1. The summed E-state index contributed by atoms with van der Waals surface area (Å²) in [5.74, 6) is 0.555. The van der Waals surface area contributed by atoms with E-state index in [4.69, 9.17) is 16.3 Å². The van der Waals surface area contributed by atoms with Crippen molar-refractivity contribution in [3.05, 3.63) is 11.6 Å². The van der Waals surface area contributed by atoms with E-state index in [1.165, 1.54) is 10.9 Å². The minimum absolute atomic E-state index is 0.0568. The molecule has 11 heteroatoms. The molecule has 4 unspecified atom stereocenters. The van der Waals surface area contributed by atoms with Crippen LogP contribution in [0.1, 0.15) is 6.23 Å². The van der Waals surface area contributed by atoms with E-state index in [0.717, 1.165) is 6.17 Å². The van der Waals surface area contributed by atoms with E-state index in [0.29, 0.717) is 17.0 Å². The molecule has 138 valence electrons. The van der Waals surface area contributed by atoms with Gasteiger partial charge >= 0.3 is 0 Å². The second-order valence-electron chi connectivity index (χ2n) is 7.29. The first-order valence-corrected chi connectivity index (χ1v) is 12.1. The maximum atomic E-state index is 10.2. The Kier molecular flexibility index (Phi) is 5.01. The van der Waals surface area contributed by atoms with Gasteiger partial charge in [-0.2, -0.15) is 0 Å². The van der Waals surface area contributed by atoms with Gasteiger partial charge in [-0.25, -0.2) is 15.0 Å². The van der Waals surface area contributed by atoms with Crippen molar-refractivity contribution in [2.45, 2.75) is 44.2 Å². The summed E-state index contributed by atoms with van der Waals surface area (Å²) in [4.78, 5) is 12.7. The Balaban J connectivity index is 1.99. The van der Waals surface area contributed by atoms with Crippen molar-refractivity contribution in [2.24, 2.45) is 0 Å². The van der Waals surface area contributed by atoms with E-state index in [2.05, 4.69) is 39.9 Å². The van der Waals surface area contributed by atoms with Crippen molar-refractivity contribution in [3.63, 3.8) is 0 Å². The zero-order chi connectivity index (χ0) is 18.4. The number of nitrogens with one attached hydrogen (secondary N) is 1. The van der Waals surface area contributed by atoms with Gasteiger partial charge in [0.2, 0.25) is 5.28 Å². The Morgan fingerprint density at radius 3 is 2.60 bits per heavy atom. The standard InChI is InChI=1S/C14H22ClN5O4Si/c1-25(2,3)6-18-11-8-12(17-5-16-11)20(14(15)19-8)13-10(23)9(22)7(4-21)24-13/h5,7,9-10,13,21-23H,4,6H2,1-3H3,(H,16,17,18). The average Bonchev–Trinajstić information content (AvgIpc) is 3.02. The molecule has 0 aromatic carbocycles. The number of rotatable bonds is 5. The van der Waals surface area contributed by atoms with Gasteiger partial charge in [0.15, 0.2) is 23.2 Å². The Morgan fingerprint density at radius 2 is 2.00 bits per heavy atom. The third kappa shape index (κ3) is 3.50. The van der Waals surface area contributed by atoms with Gasteiger partial charge in [0.05, 0.1) is 14.7 Å². The lowest BCUT2D eigenvalue weighted by Gasteiger charge is -2.18. The number of aromatic nitrogens is 4. The number of aliphatic hydroxyl groups is 3. The van der Waals surface area contributed by atoms with Crippen LogP contribution < -0.4 is 5.32 Å². The summed E-state index contributed by atoms with van der Waals surface area (Å²) in [6.07, 6.45) is -2.21. The van der Waals surface area contributed by atoms with E-state index in [-0.39, 0.29) is 5.28 Å². The number of hydrogen-bond donors (Lipinski definition) is 4. The largest absolute Gasteiger partial charge is 0.394 e. The molecule has 0 amide bonds. The van der Waals surface area contributed by atoms with Crippen LogP contribution in [0.2, 0.25) is 24.9 Å². The molecule has 2 aromatic heterocycles. The molecule has 1 saturated heterocycles. The fourth-order valence-corrected chi connectivity index (χ4v) is 3.64. The Morgan fingerprint density at radius 1 is 1.28 bits per heavy atom. The van der Waals surface area contributed by atoms with Crippen LogP contribution >= 0.6 is 11.6 Å². The predicted octanol–water partition coefficient (Wildman–Crippen LogP) is 0.380. The van der Waals surface area contributed by atoms with Crippen molar-refractivity contribution >= 4 is 36.7 Å². The van der Waals surface area contributed by atoms with E-state index < -0.39 is 39.2 Å². The molecule has 0 saturated carbocycles. The van der Waals surface area contributed by atoms with E-state index >= 15 is 0 Å². The van der Waals surface area contributed by atoms with Gasteiger partial charge < -0.3 is 25.4 Å². The Bertz CT molecular complexity index is 767. The number of fused-ring (bicyclic) bond motifs is 1. The van der Waals surface area contributed by atoms with Gasteiger partial charge in [0.1, 0.15) is 24.6 Å². The highest BCUT2D eigenvalue weighted by Crippen LogP contribution is 2.35. The zero-order valence-corrected chi connectivity index (χ0v) is 16.0. The number of anilines is 1. The number of hydrogen-bond acceptors (Lipinski definition) is 8. The molecule has 25 heavy (non-hydrogen) atoms. The van der Waals surface area contributed by atoms with E-state index in [9.17, 15) is 15.3 Å². The van der Waals surface area contributed by atoms with Crippen LogP contribution in [-0.2, 0) is 4.74 Å². The van der Waals surface area contributed by atoms with Gasteiger partial charge in [-0.05, 0) is 11.6 Å². The molecule has 3 heterocycles. The monoisotopic (exact) mass is 387 g/mol. The fraction of sp³-hybridized carbons (Fsp3) is 0.643. The molecule has 0 spiro atoms. The van der Waals surface area contributed by atoms with Gasteiger partial charge in [-0.1, -0.05) is 19.6 Å². The predicted molar refractivity (Wildman–Crippen MR) is 95.2 cm³/mol. The van der Waals surface area contributed by atoms with Gasteiger partial charge in [-0.15, -0.1) is 0 Å². The fourth-order valence-electron chi connectivity index (χ4n) is 2.68. The highest BCUT2D eigenvalue weighted by Gasteiger charge is 2.44. The highest BCUT2D eigenvalue weighted by atomic mass is 35.5. The summed E-state index contributed by atoms with van der Waals surface area (Å²) in [7, 11) is -1.36. The van der Waals surface area contributed by atoms with Crippen molar-refractivity contribution in [1.82, 2.24) is 19.5 Å². The van der Waals surface area contributed by atoms with E-state index in [1.807, 2.05) is 0 Å². The summed E-state index contributed by atoms with van der Waals surface area (Å²) >= 11 is 6.24. The third-order valence-corrected chi connectivity index (χ3v) is 5.50. The normalized spacial score (nSPS) is 27.2. The minimum atomic E-state index is -1.36. The van der Waals surface area contributed by atoms with E-state index in [1.54, 1.807) is 0 Å². The first-order valence-electron chi connectivity index (χ1n) is 7.97. The lowest BCUT2D eigenvalue weighted by atomic mass is 10.1. The summed E-state index contributed by atoms with van der Waals surface area (Å²) in [6.45, 7) is 6.26. The second-order valence-corrected chi connectivity index (χ2v) is 13.1. The lowest BCUT2D eigenvalue weighted by molar-refractivity contribution is -0.0509. The molecule has 0 radical (unpaired) electrons. The molecular weight excluding hydrogens is 366 g/mol. The number of ether oxygens (including phenoxy) is 1. The molecule has 4 N–H and O–H groups in total. The van der Waals surface area contributed by atoms with Crippen LogP contribution in [-0.4, -0.2) is 74.0 Å². The van der Waals surface area contributed by atoms with Crippen LogP contribution in [0.4, 0.5) is 5.82 Å². The molecule has 1 aliphatic heterocycles. The topological polar surface area (TPSA) is 126 Å². The summed E-state index contributed by atoms with van der Waals surface area (Å²) in [5, 5.41) is 32.8. The van der Waals surface area contributed by atoms with Crippen molar-refractivity contribution in [3.8, 4) is 0 Å². The van der Waals surface area contributed by atoms with Gasteiger partial charge in [0, 0.05) is 6.17 Å². The molecule has 4 atom stereocenters. The maximum absolute atomic E-state index is 10.2. The molecule has 0 bridgehead atoms. The Hall–Kier alpha value is -1.30. The average molecular weight is 388 g/mol. The van der Waals surface area contributed by atoms with Crippen LogP contribution in [0, 0.1) is 0 Å². The molecule has 0 aliphatic carbocycles. The van der Waals surface area contributed by atoms with Crippen molar-refractivity contribution < 1.29 is 20.1 Å². The first kappa shape index (κ1) is 18.5.